The number of rotatable bonds is 7. The van der Waals surface area contributed by atoms with Crippen molar-refractivity contribution < 1.29 is 8.42 Å². The number of nitrogens with zero attached hydrogens (tertiary/aromatic N) is 1. The van der Waals surface area contributed by atoms with E-state index in [9.17, 15) is 8.42 Å². The minimum absolute atomic E-state index is 0.0688. The average Bonchev–Trinajstić information content (AvgIpc) is 3.07. The van der Waals surface area contributed by atoms with Crippen LogP contribution in [-0.2, 0) is 28.9 Å². The van der Waals surface area contributed by atoms with E-state index in [0.717, 1.165) is 12.1 Å². The maximum absolute atomic E-state index is 12.2. The molecule has 25 heavy (non-hydrogen) atoms. The number of hydrogen-bond donors (Lipinski definition) is 1. The molecule has 0 unspecified atom stereocenters. The molecule has 0 amide bonds. The molecule has 0 bridgehead atoms. The lowest BCUT2D eigenvalue weighted by molar-refractivity contribution is 0.331. The van der Waals surface area contributed by atoms with Gasteiger partial charge in [-0.3, -0.25) is 4.90 Å². The summed E-state index contributed by atoms with van der Waals surface area (Å²) in [5.41, 5.74) is 2.91. The van der Waals surface area contributed by atoms with E-state index < -0.39 is 10.0 Å². The Morgan fingerprint density at radius 3 is 2.32 bits per heavy atom. The van der Waals surface area contributed by atoms with Crippen molar-refractivity contribution in [2.45, 2.75) is 31.7 Å². The van der Waals surface area contributed by atoms with Gasteiger partial charge in [-0.2, -0.15) is 0 Å². The maximum atomic E-state index is 12.2. The van der Waals surface area contributed by atoms with Gasteiger partial charge < -0.3 is 0 Å². The van der Waals surface area contributed by atoms with Crippen LogP contribution in [0.15, 0.2) is 48.5 Å². The summed E-state index contributed by atoms with van der Waals surface area (Å²) in [5.74, 6) is -0.0688. The van der Waals surface area contributed by atoms with Crippen molar-refractivity contribution in [3.63, 3.8) is 0 Å². The predicted molar refractivity (Wildman–Crippen MR) is 102 cm³/mol. The Bertz CT molecular complexity index is 800. The van der Waals surface area contributed by atoms with Crippen molar-refractivity contribution in [3.8, 4) is 0 Å². The van der Waals surface area contributed by atoms with Crippen molar-refractivity contribution in [3.05, 3.63) is 70.2 Å². The molecule has 3 rings (SSSR count). The highest BCUT2D eigenvalue weighted by atomic mass is 35.5. The maximum Gasteiger partial charge on any atom is 0.216 e. The van der Waals surface area contributed by atoms with Crippen LogP contribution in [0.25, 0.3) is 0 Å². The molecule has 1 aliphatic heterocycles. The van der Waals surface area contributed by atoms with Gasteiger partial charge in [-0.15, -0.1) is 0 Å². The van der Waals surface area contributed by atoms with Gasteiger partial charge in [0.2, 0.25) is 10.0 Å². The zero-order chi connectivity index (χ0) is 17.7. The highest BCUT2D eigenvalue weighted by molar-refractivity contribution is 7.88. The van der Waals surface area contributed by atoms with E-state index in [1.807, 2.05) is 12.1 Å². The van der Waals surface area contributed by atoms with Crippen molar-refractivity contribution in [1.29, 1.82) is 0 Å². The Kier molecular flexibility index (Phi) is 6.12. The first-order valence-electron chi connectivity index (χ1n) is 8.52. The second-order valence-electron chi connectivity index (χ2n) is 6.51. The summed E-state index contributed by atoms with van der Waals surface area (Å²) in [6.07, 6.45) is 2.57. The van der Waals surface area contributed by atoms with Crippen LogP contribution in [0.3, 0.4) is 0 Å². The molecule has 1 fully saturated rings. The van der Waals surface area contributed by atoms with Gasteiger partial charge in [0.05, 0.1) is 5.75 Å². The Balaban J connectivity index is 1.53. The minimum atomic E-state index is -3.40. The van der Waals surface area contributed by atoms with Crippen LogP contribution in [0.1, 0.15) is 29.5 Å². The lowest BCUT2D eigenvalue weighted by Gasteiger charge is -2.14. The lowest BCUT2D eigenvalue weighted by atomic mass is 10.1. The zero-order valence-corrected chi connectivity index (χ0v) is 15.7. The summed E-state index contributed by atoms with van der Waals surface area (Å²) in [5, 5.41) is 0.543. The number of benzene rings is 2. The second kappa shape index (κ2) is 8.32. The minimum Gasteiger partial charge on any atom is -0.299 e. The largest absolute Gasteiger partial charge is 0.299 e. The van der Waals surface area contributed by atoms with E-state index in [2.05, 4.69) is 21.8 Å². The fourth-order valence-electron chi connectivity index (χ4n) is 3.05. The molecule has 1 heterocycles. The Labute approximate surface area is 154 Å². The summed E-state index contributed by atoms with van der Waals surface area (Å²) in [4.78, 5) is 2.45. The van der Waals surface area contributed by atoms with Gasteiger partial charge in [0, 0.05) is 18.1 Å². The third-order valence-corrected chi connectivity index (χ3v) is 5.90. The van der Waals surface area contributed by atoms with E-state index in [-0.39, 0.29) is 5.75 Å². The molecule has 0 saturated carbocycles. The van der Waals surface area contributed by atoms with E-state index in [1.165, 1.54) is 31.5 Å². The van der Waals surface area contributed by atoms with E-state index >= 15 is 0 Å². The van der Waals surface area contributed by atoms with Crippen molar-refractivity contribution >= 4 is 21.6 Å². The summed E-state index contributed by atoms with van der Waals surface area (Å²) in [7, 11) is -3.40. The average molecular weight is 379 g/mol. The Morgan fingerprint density at radius 1 is 0.960 bits per heavy atom. The molecule has 4 nitrogen and oxygen atoms in total. The first kappa shape index (κ1) is 18.4. The number of halogens is 1. The summed E-state index contributed by atoms with van der Waals surface area (Å²) in [6.45, 7) is 3.61. The van der Waals surface area contributed by atoms with Crippen LogP contribution >= 0.6 is 11.6 Å². The third-order valence-electron chi connectivity index (χ3n) is 4.37. The normalized spacial score (nSPS) is 15.6. The number of likely N-dealkylation sites (tertiary alicyclic amines) is 1. The summed E-state index contributed by atoms with van der Waals surface area (Å²) < 4.78 is 27.1. The molecule has 0 radical (unpaired) electrons. The summed E-state index contributed by atoms with van der Waals surface area (Å²) in [6, 6.07) is 15.1. The molecule has 2 aromatic rings. The van der Waals surface area contributed by atoms with E-state index in [4.69, 9.17) is 11.6 Å². The monoisotopic (exact) mass is 378 g/mol. The molecule has 6 heteroatoms. The topological polar surface area (TPSA) is 49.4 Å². The highest BCUT2D eigenvalue weighted by Crippen LogP contribution is 2.15. The summed E-state index contributed by atoms with van der Waals surface area (Å²) >= 11 is 5.90. The fourth-order valence-corrected chi connectivity index (χ4v) is 4.37. The van der Waals surface area contributed by atoms with E-state index in [0.29, 0.717) is 17.1 Å². The highest BCUT2D eigenvalue weighted by Gasteiger charge is 2.13. The molecule has 134 valence electrons. The number of nitrogens with one attached hydrogen (secondary N) is 1. The van der Waals surface area contributed by atoms with Gasteiger partial charge in [0.25, 0.3) is 0 Å². The quantitative estimate of drug-likeness (QED) is 0.801. The van der Waals surface area contributed by atoms with Crippen LogP contribution in [0, 0.1) is 0 Å². The molecular weight excluding hydrogens is 356 g/mol. The standard InChI is InChI=1S/C19H23ClN2O2S/c20-19-5-3-4-18(12-19)15-25(23,24)21-13-16-6-8-17(9-7-16)14-22-10-1-2-11-22/h3-9,12,21H,1-2,10-11,13-15H2. The zero-order valence-electron chi connectivity index (χ0n) is 14.1. The SMILES string of the molecule is O=S(=O)(Cc1cccc(Cl)c1)NCc1ccc(CN2CCCC2)cc1. The Hall–Kier alpha value is -1.40. The third kappa shape index (κ3) is 5.82. The van der Waals surface area contributed by atoms with Crippen LogP contribution in [0.5, 0.6) is 0 Å². The Morgan fingerprint density at radius 2 is 1.64 bits per heavy atom. The van der Waals surface area contributed by atoms with Gasteiger partial charge in [-0.1, -0.05) is 48.0 Å². The van der Waals surface area contributed by atoms with Gasteiger partial charge in [-0.05, 0) is 54.8 Å². The van der Waals surface area contributed by atoms with Crippen LogP contribution < -0.4 is 4.72 Å². The van der Waals surface area contributed by atoms with Crippen LogP contribution in [-0.4, -0.2) is 26.4 Å². The van der Waals surface area contributed by atoms with Crippen molar-refractivity contribution in [2.75, 3.05) is 13.1 Å². The smallest absolute Gasteiger partial charge is 0.216 e. The predicted octanol–water partition coefficient (Wildman–Crippen LogP) is 3.56. The second-order valence-corrected chi connectivity index (χ2v) is 8.75. The van der Waals surface area contributed by atoms with Crippen LogP contribution in [0.4, 0.5) is 0 Å². The van der Waals surface area contributed by atoms with Gasteiger partial charge in [0.15, 0.2) is 0 Å². The number of hydrogen-bond acceptors (Lipinski definition) is 3. The van der Waals surface area contributed by atoms with E-state index in [1.54, 1.807) is 24.3 Å². The molecule has 1 aliphatic rings. The van der Waals surface area contributed by atoms with Crippen molar-refractivity contribution in [1.82, 2.24) is 9.62 Å². The molecule has 1 saturated heterocycles. The fraction of sp³-hybridized carbons (Fsp3) is 0.368. The molecule has 0 atom stereocenters. The van der Waals surface area contributed by atoms with Crippen molar-refractivity contribution in [2.24, 2.45) is 0 Å². The molecule has 0 spiro atoms. The number of sulfonamides is 1. The van der Waals surface area contributed by atoms with Crippen LogP contribution in [0.2, 0.25) is 5.02 Å². The van der Waals surface area contributed by atoms with Gasteiger partial charge >= 0.3 is 0 Å². The first-order chi connectivity index (χ1) is 12.0. The molecule has 0 aliphatic carbocycles. The van der Waals surface area contributed by atoms with Gasteiger partial charge in [0.1, 0.15) is 0 Å². The molecule has 2 aromatic carbocycles. The molecule has 0 aromatic heterocycles. The lowest BCUT2D eigenvalue weighted by Crippen LogP contribution is -2.24. The van der Waals surface area contributed by atoms with Gasteiger partial charge in [-0.25, -0.2) is 13.1 Å². The molecular formula is C19H23ClN2O2S. The molecule has 1 N–H and O–H groups in total. The first-order valence-corrected chi connectivity index (χ1v) is 10.6.